The lowest BCUT2D eigenvalue weighted by Gasteiger charge is -1.88. The smallest absolute Gasteiger partial charge is 0.201 e. The van der Waals surface area contributed by atoms with Crippen LogP contribution in [0.3, 0.4) is 0 Å². The number of rotatable bonds is 0. The summed E-state index contributed by atoms with van der Waals surface area (Å²) >= 11 is 1.24. The van der Waals surface area contributed by atoms with Crippen molar-refractivity contribution in [2.24, 2.45) is 0 Å². The lowest BCUT2D eigenvalue weighted by Crippen LogP contribution is -2.10. The molecule has 2 heterocycles. The number of hydrogen-bond donors (Lipinski definition) is 1. The maximum atomic E-state index is 7.31. The van der Waals surface area contributed by atoms with Crippen LogP contribution in [0.1, 0.15) is 5.82 Å². The molecule has 3 nitrogen and oxygen atoms in total. The molecule has 0 unspecified atom stereocenters. The average Bonchev–Trinajstić information content (AvgIpc) is 2.35. The first-order valence-electron chi connectivity index (χ1n) is 2.65. The first kappa shape index (κ1) is 4.93. The molecule has 0 aromatic carbocycles. The van der Waals surface area contributed by atoms with E-state index in [0.29, 0.717) is 4.80 Å². The van der Waals surface area contributed by atoms with Crippen molar-refractivity contribution in [1.29, 1.82) is 5.41 Å². The molecule has 0 fully saturated rings. The quantitative estimate of drug-likeness (QED) is 0.557. The molecular formula is C5H5N3S. The lowest BCUT2D eigenvalue weighted by atomic mass is 10.6. The zero-order chi connectivity index (χ0) is 6.27. The van der Waals surface area contributed by atoms with Gasteiger partial charge in [-0.15, -0.1) is 0 Å². The van der Waals surface area contributed by atoms with Gasteiger partial charge in [0.05, 0.1) is 0 Å². The van der Waals surface area contributed by atoms with Crippen molar-refractivity contribution < 1.29 is 0 Å². The van der Waals surface area contributed by atoms with Gasteiger partial charge < -0.3 is 0 Å². The second-order valence-electron chi connectivity index (χ2n) is 1.86. The van der Waals surface area contributed by atoms with E-state index in [0.717, 1.165) is 12.4 Å². The Hall–Kier alpha value is -0.900. The van der Waals surface area contributed by atoms with Crippen LogP contribution in [0.5, 0.6) is 0 Å². The van der Waals surface area contributed by atoms with Gasteiger partial charge in [-0.3, -0.25) is 9.98 Å². The Morgan fingerprint density at radius 2 is 2.67 bits per heavy atom. The van der Waals surface area contributed by atoms with Gasteiger partial charge in [0.1, 0.15) is 5.82 Å². The van der Waals surface area contributed by atoms with E-state index in [-0.39, 0.29) is 0 Å². The highest BCUT2D eigenvalue weighted by molar-refractivity contribution is 7.02. The largest absolute Gasteiger partial charge is 0.297 e. The van der Waals surface area contributed by atoms with E-state index in [1.807, 2.05) is 16.7 Å². The van der Waals surface area contributed by atoms with E-state index < -0.39 is 0 Å². The molecule has 9 heavy (non-hydrogen) atoms. The second kappa shape index (κ2) is 1.54. The van der Waals surface area contributed by atoms with Crippen molar-refractivity contribution in [2.75, 3.05) is 0 Å². The molecule has 0 amide bonds. The molecule has 1 aromatic heterocycles. The Kier molecular flexibility index (Phi) is 0.843. The topological polar surface area (TPSA) is 41.7 Å². The average molecular weight is 139 g/mol. The number of nitrogens with one attached hydrogen (secondary N) is 1. The van der Waals surface area contributed by atoms with Gasteiger partial charge in [0, 0.05) is 18.1 Å². The summed E-state index contributed by atoms with van der Waals surface area (Å²) < 4.78 is 5.89. The summed E-state index contributed by atoms with van der Waals surface area (Å²) in [5.41, 5.74) is 0. The maximum absolute atomic E-state index is 7.31. The van der Waals surface area contributed by atoms with Gasteiger partial charge in [0.25, 0.3) is 0 Å². The summed E-state index contributed by atoms with van der Waals surface area (Å²) in [5.74, 6) is 0.921. The molecule has 2 rings (SSSR count). The minimum Gasteiger partial charge on any atom is -0.297 e. The zero-order valence-electron chi connectivity index (χ0n) is 4.66. The standard InChI is InChI=1S/C5H5N3S/c6-5-8-3-1-2-4(8)7-9-5/h1-2,6H,3H2. The van der Waals surface area contributed by atoms with Crippen LogP contribution in [-0.2, 0) is 6.54 Å². The van der Waals surface area contributed by atoms with Crippen LogP contribution in [0.2, 0.25) is 0 Å². The number of nitrogens with zero attached hydrogens (tertiary/aromatic N) is 2. The van der Waals surface area contributed by atoms with Crippen molar-refractivity contribution in [1.82, 2.24) is 8.94 Å². The molecule has 1 N–H and O–H groups in total. The maximum Gasteiger partial charge on any atom is 0.201 e. The number of allylic oxidation sites excluding steroid dienone is 1. The summed E-state index contributed by atoms with van der Waals surface area (Å²) in [6, 6.07) is 0. The predicted molar refractivity (Wildman–Crippen MR) is 35.0 cm³/mol. The van der Waals surface area contributed by atoms with Crippen LogP contribution in [-0.4, -0.2) is 8.94 Å². The molecule has 1 aliphatic rings. The van der Waals surface area contributed by atoms with E-state index >= 15 is 0 Å². The normalized spacial score (nSPS) is 14.2. The SMILES string of the molecule is N=c1snc2n1CC=C2. The van der Waals surface area contributed by atoms with E-state index in [1.54, 1.807) is 0 Å². The van der Waals surface area contributed by atoms with Gasteiger partial charge in [-0.1, -0.05) is 6.08 Å². The third kappa shape index (κ3) is 0.564. The number of fused-ring (bicyclic) bond motifs is 1. The third-order valence-electron chi connectivity index (χ3n) is 1.30. The summed E-state index contributed by atoms with van der Waals surface area (Å²) in [4.78, 5) is 0.537. The van der Waals surface area contributed by atoms with Crippen molar-refractivity contribution in [3.05, 3.63) is 16.7 Å². The molecule has 0 aliphatic carbocycles. The molecule has 0 saturated carbocycles. The summed E-state index contributed by atoms with van der Waals surface area (Å²) in [5, 5.41) is 7.31. The fourth-order valence-electron chi connectivity index (χ4n) is 0.853. The van der Waals surface area contributed by atoms with Crippen LogP contribution in [0.25, 0.3) is 6.08 Å². The summed E-state index contributed by atoms with van der Waals surface area (Å²) in [6.45, 7) is 0.824. The van der Waals surface area contributed by atoms with E-state index in [4.69, 9.17) is 5.41 Å². The molecular weight excluding hydrogens is 134 g/mol. The summed E-state index contributed by atoms with van der Waals surface area (Å²) in [6.07, 6.45) is 3.95. The zero-order valence-corrected chi connectivity index (χ0v) is 5.48. The van der Waals surface area contributed by atoms with Gasteiger partial charge in [-0.25, -0.2) is 0 Å². The molecule has 0 spiro atoms. The third-order valence-corrected chi connectivity index (χ3v) is 1.97. The van der Waals surface area contributed by atoms with E-state index in [1.165, 1.54) is 11.5 Å². The predicted octanol–water partition coefficient (Wildman–Crippen LogP) is 0.451. The highest BCUT2D eigenvalue weighted by atomic mass is 32.1. The van der Waals surface area contributed by atoms with Crippen molar-refractivity contribution in [3.8, 4) is 0 Å². The Bertz CT molecular complexity index is 306. The Balaban J connectivity index is 2.79. The summed E-state index contributed by atoms with van der Waals surface area (Å²) in [7, 11) is 0. The molecule has 1 aliphatic heterocycles. The molecule has 46 valence electrons. The monoisotopic (exact) mass is 139 g/mol. The van der Waals surface area contributed by atoms with Crippen LogP contribution in [0.4, 0.5) is 0 Å². The Labute approximate surface area is 55.9 Å². The Morgan fingerprint density at radius 1 is 1.78 bits per heavy atom. The van der Waals surface area contributed by atoms with Crippen molar-refractivity contribution in [3.63, 3.8) is 0 Å². The second-order valence-corrected chi connectivity index (χ2v) is 2.61. The van der Waals surface area contributed by atoms with Crippen LogP contribution < -0.4 is 4.80 Å². The molecule has 1 aromatic rings. The lowest BCUT2D eigenvalue weighted by molar-refractivity contribution is 0.783. The molecule has 4 heteroatoms. The van der Waals surface area contributed by atoms with Gasteiger partial charge >= 0.3 is 0 Å². The Morgan fingerprint density at radius 3 is 3.44 bits per heavy atom. The van der Waals surface area contributed by atoms with Gasteiger partial charge in [0.2, 0.25) is 4.80 Å². The molecule has 0 atom stereocenters. The minimum atomic E-state index is 0.537. The fourth-order valence-corrected chi connectivity index (χ4v) is 1.46. The first-order chi connectivity index (χ1) is 4.38. The van der Waals surface area contributed by atoms with E-state index in [9.17, 15) is 0 Å². The molecule has 0 saturated heterocycles. The van der Waals surface area contributed by atoms with Crippen LogP contribution >= 0.6 is 11.5 Å². The number of hydrogen-bond acceptors (Lipinski definition) is 3. The van der Waals surface area contributed by atoms with Crippen LogP contribution in [0, 0.1) is 5.41 Å². The number of aromatic nitrogens is 2. The molecule has 0 bridgehead atoms. The highest BCUT2D eigenvalue weighted by Crippen LogP contribution is 2.05. The van der Waals surface area contributed by atoms with E-state index in [2.05, 4.69) is 4.37 Å². The first-order valence-corrected chi connectivity index (χ1v) is 3.43. The van der Waals surface area contributed by atoms with Gasteiger partial charge in [-0.2, -0.15) is 4.37 Å². The van der Waals surface area contributed by atoms with Gasteiger partial charge in [-0.05, 0) is 6.08 Å². The highest BCUT2D eigenvalue weighted by Gasteiger charge is 2.05. The van der Waals surface area contributed by atoms with Crippen LogP contribution in [0.15, 0.2) is 6.08 Å². The minimum absolute atomic E-state index is 0.537. The molecule has 0 radical (unpaired) electrons. The van der Waals surface area contributed by atoms with Crippen molar-refractivity contribution in [2.45, 2.75) is 6.54 Å². The van der Waals surface area contributed by atoms with Gasteiger partial charge in [0.15, 0.2) is 0 Å². The fraction of sp³-hybridized carbons (Fsp3) is 0.200. The van der Waals surface area contributed by atoms with Crippen molar-refractivity contribution >= 4 is 17.6 Å².